The second kappa shape index (κ2) is 7.59. The highest BCUT2D eigenvalue weighted by Gasteiger charge is 2.31. The highest BCUT2D eigenvalue weighted by Crippen LogP contribution is 2.21. The van der Waals surface area contributed by atoms with E-state index in [2.05, 4.69) is 5.16 Å². The van der Waals surface area contributed by atoms with E-state index in [-0.39, 0.29) is 24.4 Å². The SMILES string of the molecule is Cc1noc(C)c1C[C@H](C)C(=O)N(CC(=O)O)C1CCOCC1. The van der Waals surface area contributed by atoms with Gasteiger partial charge in [0.2, 0.25) is 5.91 Å². The number of carbonyl (C=O) groups excluding carboxylic acids is 1. The minimum absolute atomic E-state index is 0.0699. The molecule has 1 aliphatic rings. The number of carboxylic acids is 1. The van der Waals surface area contributed by atoms with Crippen LogP contribution in [0.5, 0.6) is 0 Å². The highest BCUT2D eigenvalue weighted by molar-refractivity contribution is 5.83. The van der Waals surface area contributed by atoms with Crippen molar-refractivity contribution in [3.05, 3.63) is 17.0 Å². The van der Waals surface area contributed by atoms with E-state index in [1.165, 1.54) is 4.90 Å². The molecule has 1 atom stereocenters. The van der Waals surface area contributed by atoms with E-state index in [1.54, 1.807) is 0 Å². The number of hydrogen-bond donors (Lipinski definition) is 1. The van der Waals surface area contributed by atoms with Crippen LogP contribution in [0.2, 0.25) is 0 Å². The van der Waals surface area contributed by atoms with E-state index in [0.717, 1.165) is 11.3 Å². The first-order chi connectivity index (χ1) is 10.9. The van der Waals surface area contributed by atoms with Crippen LogP contribution in [0.25, 0.3) is 0 Å². The molecule has 128 valence electrons. The molecule has 1 aromatic rings. The van der Waals surface area contributed by atoms with Gasteiger partial charge in [-0.2, -0.15) is 0 Å². The second-order valence-corrected chi connectivity index (χ2v) is 6.11. The van der Waals surface area contributed by atoms with Crippen molar-refractivity contribution in [3.8, 4) is 0 Å². The van der Waals surface area contributed by atoms with Crippen molar-refractivity contribution < 1.29 is 24.0 Å². The van der Waals surface area contributed by atoms with Crippen LogP contribution in [-0.2, 0) is 20.7 Å². The van der Waals surface area contributed by atoms with Crippen LogP contribution in [0.1, 0.15) is 36.8 Å². The summed E-state index contributed by atoms with van der Waals surface area (Å²) < 4.78 is 10.4. The third-order valence-electron chi connectivity index (χ3n) is 4.33. The molecule has 0 radical (unpaired) electrons. The number of nitrogens with zero attached hydrogens (tertiary/aromatic N) is 2. The molecule has 0 spiro atoms. The summed E-state index contributed by atoms with van der Waals surface area (Å²) >= 11 is 0. The van der Waals surface area contributed by atoms with Crippen LogP contribution < -0.4 is 0 Å². The molecule has 0 unspecified atom stereocenters. The summed E-state index contributed by atoms with van der Waals surface area (Å²) in [6.07, 6.45) is 1.85. The van der Waals surface area contributed by atoms with E-state index >= 15 is 0 Å². The van der Waals surface area contributed by atoms with E-state index in [0.29, 0.717) is 38.2 Å². The maximum Gasteiger partial charge on any atom is 0.323 e. The van der Waals surface area contributed by atoms with Crippen LogP contribution in [0.4, 0.5) is 0 Å². The van der Waals surface area contributed by atoms with Gasteiger partial charge >= 0.3 is 5.97 Å². The molecule has 1 saturated heterocycles. The van der Waals surface area contributed by atoms with Gasteiger partial charge in [-0.25, -0.2) is 0 Å². The normalized spacial score (nSPS) is 17.0. The number of aliphatic carboxylic acids is 1. The van der Waals surface area contributed by atoms with E-state index in [1.807, 2.05) is 20.8 Å². The van der Waals surface area contributed by atoms with E-state index in [4.69, 9.17) is 14.4 Å². The molecular weight excluding hydrogens is 300 g/mol. The molecule has 7 nitrogen and oxygen atoms in total. The standard InChI is InChI=1S/C16H24N2O5/c1-10(8-14-11(2)17-23-12(14)3)16(21)18(9-15(19)20)13-4-6-22-7-5-13/h10,13H,4-9H2,1-3H3,(H,19,20)/t10-/m0/s1. The van der Waals surface area contributed by atoms with Crippen molar-refractivity contribution in [2.75, 3.05) is 19.8 Å². The van der Waals surface area contributed by atoms with Gasteiger partial charge in [-0.15, -0.1) is 0 Å². The maximum absolute atomic E-state index is 12.8. The Labute approximate surface area is 135 Å². The topological polar surface area (TPSA) is 92.9 Å². The fourth-order valence-corrected chi connectivity index (χ4v) is 3.00. The van der Waals surface area contributed by atoms with Crippen LogP contribution in [0.15, 0.2) is 4.52 Å². The number of carboxylic acid groups (broad SMARTS) is 1. The number of aryl methyl sites for hydroxylation is 2. The zero-order valence-corrected chi connectivity index (χ0v) is 13.9. The molecule has 23 heavy (non-hydrogen) atoms. The Morgan fingerprint density at radius 1 is 1.35 bits per heavy atom. The average molecular weight is 324 g/mol. The monoisotopic (exact) mass is 324 g/mol. The average Bonchev–Trinajstić information content (AvgIpc) is 2.84. The van der Waals surface area contributed by atoms with Crippen LogP contribution in [-0.4, -0.2) is 52.8 Å². The smallest absolute Gasteiger partial charge is 0.323 e. The van der Waals surface area contributed by atoms with Gasteiger partial charge in [0.05, 0.1) is 5.69 Å². The molecule has 0 aliphatic carbocycles. The first-order valence-corrected chi connectivity index (χ1v) is 7.92. The number of rotatable bonds is 6. The Kier molecular flexibility index (Phi) is 5.76. The second-order valence-electron chi connectivity index (χ2n) is 6.11. The summed E-state index contributed by atoms with van der Waals surface area (Å²) in [7, 11) is 0. The van der Waals surface area contributed by atoms with Gasteiger partial charge < -0.3 is 19.3 Å². The summed E-state index contributed by atoms with van der Waals surface area (Å²) in [4.78, 5) is 25.4. The lowest BCUT2D eigenvalue weighted by Crippen LogP contribution is -2.48. The zero-order valence-electron chi connectivity index (χ0n) is 13.9. The molecular formula is C16H24N2O5. The largest absolute Gasteiger partial charge is 0.480 e. The van der Waals surface area contributed by atoms with Gasteiger partial charge in [0.15, 0.2) is 0 Å². The number of aromatic nitrogens is 1. The minimum Gasteiger partial charge on any atom is -0.480 e. The van der Waals surface area contributed by atoms with Crippen molar-refractivity contribution in [1.29, 1.82) is 0 Å². The molecule has 0 aromatic carbocycles. The van der Waals surface area contributed by atoms with Crippen molar-refractivity contribution in [2.24, 2.45) is 5.92 Å². The predicted octanol–water partition coefficient (Wildman–Crippen LogP) is 1.56. The number of carbonyl (C=O) groups is 2. The molecule has 1 aromatic heterocycles. The zero-order chi connectivity index (χ0) is 17.0. The third kappa shape index (κ3) is 4.31. The number of hydrogen-bond acceptors (Lipinski definition) is 5. The van der Waals surface area contributed by atoms with Crippen molar-refractivity contribution >= 4 is 11.9 Å². The van der Waals surface area contributed by atoms with Gasteiger partial charge in [0.1, 0.15) is 12.3 Å². The highest BCUT2D eigenvalue weighted by atomic mass is 16.5. The Morgan fingerprint density at radius 3 is 2.52 bits per heavy atom. The van der Waals surface area contributed by atoms with Crippen molar-refractivity contribution in [1.82, 2.24) is 10.1 Å². The van der Waals surface area contributed by atoms with Crippen LogP contribution >= 0.6 is 0 Å². The molecule has 7 heteroatoms. The summed E-state index contributed by atoms with van der Waals surface area (Å²) in [5.74, 6) is -0.749. The first-order valence-electron chi connectivity index (χ1n) is 7.92. The lowest BCUT2D eigenvalue weighted by Gasteiger charge is -2.34. The number of amides is 1. The maximum atomic E-state index is 12.8. The first kappa shape index (κ1) is 17.5. The predicted molar refractivity (Wildman–Crippen MR) is 82.0 cm³/mol. The van der Waals surface area contributed by atoms with E-state index < -0.39 is 5.97 Å². The van der Waals surface area contributed by atoms with Gasteiger partial charge in [0.25, 0.3) is 0 Å². The van der Waals surface area contributed by atoms with Crippen molar-refractivity contribution in [3.63, 3.8) is 0 Å². The van der Waals surface area contributed by atoms with Gasteiger partial charge in [0, 0.05) is 30.7 Å². The molecule has 1 fully saturated rings. The third-order valence-corrected chi connectivity index (χ3v) is 4.33. The summed E-state index contributed by atoms with van der Waals surface area (Å²) in [5.41, 5.74) is 1.70. The van der Waals surface area contributed by atoms with Gasteiger partial charge in [-0.05, 0) is 33.1 Å². The summed E-state index contributed by atoms with van der Waals surface area (Å²) in [6, 6.07) is -0.0699. The molecule has 1 aliphatic heterocycles. The Balaban J connectivity index is 2.10. The number of ether oxygens (including phenoxy) is 1. The lowest BCUT2D eigenvalue weighted by molar-refractivity contribution is -0.149. The fraction of sp³-hybridized carbons (Fsp3) is 0.688. The minimum atomic E-state index is -0.991. The summed E-state index contributed by atoms with van der Waals surface area (Å²) in [6.45, 7) is 6.34. The van der Waals surface area contributed by atoms with Crippen LogP contribution in [0, 0.1) is 19.8 Å². The van der Waals surface area contributed by atoms with Gasteiger partial charge in [-0.3, -0.25) is 9.59 Å². The molecule has 1 amide bonds. The molecule has 2 rings (SSSR count). The molecule has 0 saturated carbocycles. The van der Waals surface area contributed by atoms with E-state index in [9.17, 15) is 9.59 Å². The summed E-state index contributed by atoms with van der Waals surface area (Å²) in [5, 5.41) is 13.0. The molecule has 0 bridgehead atoms. The van der Waals surface area contributed by atoms with Gasteiger partial charge in [-0.1, -0.05) is 12.1 Å². The quantitative estimate of drug-likeness (QED) is 0.853. The molecule has 2 heterocycles. The van der Waals surface area contributed by atoms with Crippen LogP contribution in [0.3, 0.4) is 0 Å². The molecule has 1 N–H and O–H groups in total. The Morgan fingerprint density at radius 2 is 2.00 bits per heavy atom. The Hall–Kier alpha value is -1.89. The van der Waals surface area contributed by atoms with Crippen molar-refractivity contribution in [2.45, 2.75) is 46.1 Å². The Bertz CT molecular complexity index is 543. The fourth-order valence-electron chi connectivity index (χ4n) is 3.00. The lowest BCUT2D eigenvalue weighted by atomic mass is 9.96.